The van der Waals surface area contributed by atoms with Crippen LogP contribution in [0.4, 0.5) is 5.82 Å². The molecule has 0 atom stereocenters. The Bertz CT molecular complexity index is 875. The van der Waals surface area contributed by atoms with Crippen LogP contribution in [0.3, 0.4) is 0 Å². The van der Waals surface area contributed by atoms with Crippen LogP contribution in [0.5, 0.6) is 0 Å². The van der Waals surface area contributed by atoms with E-state index in [-0.39, 0.29) is 10.8 Å². The number of benzene rings is 1. The van der Waals surface area contributed by atoms with Crippen LogP contribution in [0, 0.1) is 5.92 Å². The lowest BCUT2D eigenvalue weighted by atomic mass is 10.0. The number of pyridine rings is 1. The van der Waals surface area contributed by atoms with E-state index in [0.717, 1.165) is 12.8 Å². The number of carbonyl (C=O) groups is 1. The highest BCUT2D eigenvalue weighted by Gasteiger charge is 2.28. The Morgan fingerprint density at radius 2 is 1.81 bits per heavy atom. The lowest BCUT2D eigenvalue weighted by Gasteiger charge is -2.29. The van der Waals surface area contributed by atoms with Crippen LogP contribution >= 0.6 is 11.6 Å². The number of aromatic nitrogens is 1. The summed E-state index contributed by atoms with van der Waals surface area (Å²) in [6.07, 6.45) is 3.17. The third-order valence-electron chi connectivity index (χ3n) is 4.47. The van der Waals surface area contributed by atoms with Gasteiger partial charge < -0.3 is 5.32 Å². The number of piperidine rings is 1. The number of hydrogen-bond acceptors (Lipinski definition) is 4. The first kappa shape index (κ1) is 18.8. The number of nitrogens with zero attached hydrogens (tertiary/aromatic N) is 2. The van der Waals surface area contributed by atoms with Gasteiger partial charge in [-0.15, -0.1) is 0 Å². The minimum Gasteiger partial charge on any atom is -0.307 e. The molecule has 1 fully saturated rings. The molecular formula is C18H20ClN3O3S. The second kappa shape index (κ2) is 7.73. The van der Waals surface area contributed by atoms with Crippen LogP contribution < -0.4 is 5.32 Å². The molecule has 138 valence electrons. The summed E-state index contributed by atoms with van der Waals surface area (Å²) in [6, 6.07) is 9.17. The zero-order valence-electron chi connectivity index (χ0n) is 14.4. The Balaban J connectivity index is 1.71. The van der Waals surface area contributed by atoms with Crippen molar-refractivity contribution in [3.05, 3.63) is 53.2 Å². The molecule has 26 heavy (non-hydrogen) atoms. The molecule has 1 N–H and O–H groups in total. The Morgan fingerprint density at radius 3 is 2.38 bits per heavy atom. The van der Waals surface area contributed by atoms with E-state index in [1.165, 1.54) is 34.8 Å². The Kier molecular flexibility index (Phi) is 5.60. The van der Waals surface area contributed by atoms with Gasteiger partial charge in [-0.2, -0.15) is 4.31 Å². The average Bonchev–Trinajstić information content (AvgIpc) is 2.64. The first-order chi connectivity index (χ1) is 12.4. The maximum Gasteiger partial charge on any atom is 0.256 e. The standard InChI is InChI=1S/C18H20ClN3O3S/c1-13-8-10-22(11-9-13)26(24,25)16-5-2-14(3-6-16)18(23)21-17-7-4-15(19)12-20-17/h2-7,12-13H,8-11H2,1H3,(H,20,21,23). The minimum atomic E-state index is -3.52. The molecule has 0 bridgehead atoms. The quantitative estimate of drug-likeness (QED) is 0.863. The normalized spacial score (nSPS) is 16.4. The maximum absolute atomic E-state index is 12.7. The summed E-state index contributed by atoms with van der Waals surface area (Å²) >= 11 is 5.76. The van der Waals surface area contributed by atoms with Crippen LogP contribution in [0.25, 0.3) is 0 Å². The fraction of sp³-hybridized carbons (Fsp3) is 0.333. The summed E-state index contributed by atoms with van der Waals surface area (Å²) in [5.41, 5.74) is 0.355. The van der Waals surface area contributed by atoms with Gasteiger partial charge in [0.25, 0.3) is 5.91 Å². The number of carbonyl (C=O) groups excluding carboxylic acids is 1. The molecule has 0 saturated carbocycles. The van der Waals surface area contributed by atoms with Gasteiger partial charge >= 0.3 is 0 Å². The fourth-order valence-electron chi connectivity index (χ4n) is 2.79. The summed E-state index contributed by atoms with van der Waals surface area (Å²) in [5.74, 6) is 0.558. The molecule has 1 aliphatic rings. The van der Waals surface area contributed by atoms with Crippen molar-refractivity contribution in [3.8, 4) is 0 Å². The Hall–Kier alpha value is -1.96. The fourth-order valence-corrected chi connectivity index (χ4v) is 4.37. The summed E-state index contributed by atoms with van der Waals surface area (Å²) in [6.45, 7) is 3.20. The first-order valence-electron chi connectivity index (χ1n) is 8.39. The van der Waals surface area contributed by atoms with Crippen LogP contribution in [0.2, 0.25) is 5.02 Å². The van der Waals surface area contributed by atoms with Gasteiger partial charge in [0, 0.05) is 24.8 Å². The molecule has 2 heterocycles. The third kappa shape index (κ3) is 4.23. The zero-order valence-corrected chi connectivity index (χ0v) is 15.9. The number of amides is 1. The predicted molar refractivity (Wildman–Crippen MR) is 101 cm³/mol. The lowest BCUT2D eigenvalue weighted by Crippen LogP contribution is -2.37. The van der Waals surface area contributed by atoms with E-state index in [1.54, 1.807) is 12.1 Å². The molecule has 1 aromatic carbocycles. The van der Waals surface area contributed by atoms with Crippen molar-refractivity contribution in [2.75, 3.05) is 18.4 Å². The van der Waals surface area contributed by atoms with Crippen LogP contribution in [0.15, 0.2) is 47.5 Å². The molecule has 2 aromatic rings. The Labute approximate surface area is 158 Å². The summed E-state index contributed by atoms with van der Waals surface area (Å²) in [7, 11) is -3.52. The molecule has 1 aromatic heterocycles. The highest BCUT2D eigenvalue weighted by Crippen LogP contribution is 2.23. The number of nitrogens with one attached hydrogen (secondary N) is 1. The van der Waals surface area contributed by atoms with Gasteiger partial charge in [0.05, 0.1) is 9.92 Å². The second-order valence-electron chi connectivity index (χ2n) is 6.43. The molecule has 1 saturated heterocycles. The Morgan fingerprint density at radius 1 is 1.15 bits per heavy atom. The lowest BCUT2D eigenvalue weighted by molar-refractivity contribution is 0.102. The van der Waals surface area contributed by atoms with Crippen molar-refractivity contribution in [2.45, 2.75) is 24.7 Å². The van der Waals surface area contributed by atoms with E-state index in [9.17, 15) is 13.2 Å². The number of rotatable bonds is 4. The monoisotopic (exact) mass is 393 g/mol. The zero-order chi connectivity index (χ0) is 18.7. The molecule has 6 nitrogen and oxygen atoms in total. The third-order valence-corrected chi connectivity index (χ3v) is 6.60. The van der Waals surface area contributed by atoms with E-state index >= 15 is 0 Å². The van der Waals surface area contributed by atoms with Crippen molar-refractivity contribution in [3.63, 3.8) is 0 Å². The van der Waals surface area contributed by atoms with Crippen molar-refractivity contribution in [1.82, 2.24) is 9.29 Å². The van der Waals surface area contributed by atoms with E-state index in [1.807, 2.05) is 0 Å². The number of sulfonamides is 1. The molecule has 8 heteroatoms. The molecule has 1 aliphatic heterocycles. The van der Waals surface area contributed by atoms with Crippen molar-refractivity contribution >= 4 is 33.3 Å². The topological polar surface area (TPSA) is 79.4 Å². The van der Waals surface area contributed by atoms with Gasteiger partial charge in [0.1, 0.15) is 5.82 Å². The van der Waals surface area contributed by atoms with Crippen LogP contribution in [0.1, 0.15) is 30.1 Å². The van der Waals surface area contributed by atoms with E-state index in [0.29, 0.717) is 35.4 Å². The number of anilines is 1. The molecule has 1 amide bonds. The van der Waals surface area contributed by atoms with Gasteiger partial charge in [-0.25, -0.2) is 13.4 Å². The van der Waals surface area contributed by atoms with Crippen molar-refractivity contribution in [1.29, 1.82) is 0 Å². The van der Waals surface area contributed by atoms with Crippen LogP contribution in [-0.2, 0) is 10.0 Å². The highest BCUT2D eigenvalue weighted by molar-refractivity contribution is 7.89. The second-order valence-corrected chi connectivity index (χ2v) is 8.80. The largest absolute Gasteiger partial charge is 0.307 e. The highest BCUT2D eigenvalue weighted by atomic mass is 35.5. The molecule has 0 radical (unpaired) electrons. The number of hydrogen-bond donors (Lipinski definition) is 1. The molecule has 0 aliphatic carbocycles. The molecule has 0 spiro atoms. The van der Waals surface area contributed by atoms with Gasteiger partial charge in [-0.3, -0.25) is 4.79 Å². The summed E-state index contributed by atoms with van der Waals surface area (Å²) < 4.78 is 26.9. The van der Waals surface area contributed by atoms with Crippen molar-refractivity contribution < 1.29 is 13.2 Å². The predicted octanol–water partition coefficient (Wildman–Crippen LogP) is 3.41. The van der Waals surface area contributed by atoms with E-state index in [2.05, 4.69) is 17.2 Å². The average molecular weight is 394 g/mol. The van der Waals surface area contributed by atoms with Crippen molar-refractivity contribution in [2.24, 2.45) is 5.92 Å². The maximum atomic E-state index is 12.7. The van der Waals surface area contributed by atoms with Gasteiger partial charge in [0.2, 0.25) is 10.0 Å². The minimum absolute atomic E-state index is 0.202. The SMILES string of the molecule is CC1CCN(S(=O)(=O)c2ccc(C(=O)Nc3ccc(Cl)cn3)cc2)CC1. The molecule has 0 unspecified atom stereocenters. The summed E-state index contributed by atoms with van der Waals surface area (Å²) in [4.78, 5) is 16.5. The molecule has 3 rings (SSSR count). The van der Waals surface area contributed by atoms with Crippen LogP contribution in [-0.4, -0.2) is 36.7 Å². The van der Waals surface area contributed by atoms with Gasteiger partial charge in [-0.05, 0) is 55.2 Å². The van der Waals surface area contributed by atoms with E-state index in [4.69, 9.17) is 11.6 Å². The number of halogens is 1. The molecular weight excluding hydrogens is 374 g/mol. The van der Waals surface area contributed by atoms with E-state index < -0.39 is 10.0 Å². The smallest absolute Gasteiger partial charge is 0.256 e. The van der Waals surface area contributed by atoms with Gasteiger partial charge in [0.15, 0.2) is 0 Å². The summed E-state index contributed by atoms with van der Waals surface area (Å²) in [5, 5.41) is 3.12. The first-order valence-corrected chi connectivity index (χ1v) is 10.2. The van der Waals surface area contributed by atoms with Gasteiger partial charge in [-0.1, -0.05) is 18.5 Å².